The van der Waals surface area contributed by atoms with Crippen molar-refractivity contribution >= 4 is 29.1 Å². The Bertz CT molecular complexity index is 1120. The van der Waals surface area contributed by atoms with E-state index in [-0.39, 0.29) is 30.5 Å². The van der Waals surface area contributed by atoms with Crippen LogP contribution >= 0.6 is 0 Å². The van der Waals surface area contributed by atoms with Gasteiger partial charge >= 0.3 is 0 Å². The zero-order valence-electron chi connectivity index (χ0n) is 18.6. The van der Waals surface area contributed by atoms with Gasteiger partial charge in [-0.25, -0.2) is 4.39 Å². The van der Waals surface area contributed by atoms with Crippen molar-refractivity contribution in [1.29, 1.82) is 0 Å². The largest absolute Gasteiger partial charge is 0.339 e. The van der Waals surface area contributed by atoms with Gasteiger partial charge in [0.2, 0.25) is 11.8 Å². The Morgan fingerprint density at radius 2 is 1.70 bits per heavy atom. The second kappa shape index (κ2) is 9.56. The zero-order valence-corrected chi connectivity index (χ0v) is 18.6. The van der Waals surface area contributed by atoms with E-state index in [2.05, 4.69) is 5.32 Å². The molecule has 9 heteroatoms. The third-order valence-electron chi connectivity index (χ3n) is 6.22. The second-order valence-corrected chi connectivity index (χ2v) is 8.64. The average Bonchev–Trinajstić information content (AvgIpc) is 3.00. The van der Waals surface area contributed by atoms with Crippen molar-refractivity contribution in [3.8, 4) is 0 Å². The summed E-state index contributed by atoms with van der Waals surface area (Å²) in [5.41, 5.74) is 0.425. The lowest BCUT2D eigenvalue weighted by Crippen LogP contribution is -2.34. The predicted octanol–water partition coefficient (Wildman–Crippen LogP) is 2.53. The Hall–Kier alpha value is -3.49. The fourth-order valence-electron chi connectivity index (χ4n) is 4.36. The molecule has 3 heterocycles. The number of carbonyl (C=O) groups excluding carboxylic acids is 3. The monoisotopic (exact) mass is 454 g/mol. The summed E-state index contributed by atoms with van der Waals surface area (Å²) >= 11 is 0. The molecule has 2 saturated heterocycles. The molecule has 4 rings (SSSR count). The molecule has 33 heavy (non-hydrogen) atoms. The van der Waals surface area contributed by atoms with Crippen molar-refractivity contribution in [2.75, 3.05) is 29.9 Å². The number of carbonyl (C=O) groups is 3. The highest BCUT2D eigenvalue weighted by Crippen LogP contribution is 2.26. The average molecular weight is 455 g/mol. The molecule has 2 aromatic rings. The van der Waals surface area contributed by atoms with Crippen LogP contribution in [0.1, 0.15) is 42.5 Å². The van der Waals surface area contributed by atoms with Crippen molar-refractivity contribution in [3.63, 3.8) is 0 Å². The molecule has 2 aliphatic rings. The summed E-state index contributed by atoms with van der Waals surface area (Å²) in [4.78, 5) is 54.2. The van der Waals surface area contributed by atoms with Crippen molar-refractivity contribution in [2.24, 2.45) is 13.0 Å². The summed E-state index contributed by atoms with van der Waals surface area (Å²) in [5.74, 6) is -1.96. The standard InChI is InChI=1S/C24H27FN4O4/c1-27-14-17(23(32)28-10-4-2-3-5-11-28)12-20(24(27)33)26-22(31)16-13-21(30)29(15-16)19-8-6-18(25)7-9-19/h6-9,12,14,16H,2-5,10-11,13,15H2,1H3,(H,26,31). The topological polar surface area (TPSA) is 91.7 Å². The van der Waals surface area contributed by atoms with Gasteiger partial charge in [0.15, 0.2) is 0 Å². The van der Waals surface area contributed by atoms with Crippen LogP contribution < -0.4 is 15.8 Å². The van der Waals surface area contributed by atoms with Gasteiger partial charge in [-0.3, -0.25) is 19.2 Å². The molecule has 2 fully saturated rings. The van der Waals surface area contributed by atoms with Crippen LogP contribution in [0.3, 0.4) is 0 Å². The van der Waals surface area contributed by atoms with Crippen LogP contribution in [0.25, 0.3) is 0 Å². The summed E-state index contributed by atoms with van der Waals surface area (Å²) in [6, 6.07) is 6.91. The van der Waals surface area contributed by atoms with Crippen LogP contribution in [-0.4, -0.2) is 46.8 Å². The summed E-state index contributed by atoms with van der Waals surface area (Å²) in [7, 11) is 1.53. The maximum absolute atomic E-state index is 13.2. The highest BCUT2D eigenvalue weighted by Gasteiger charge is 2.35. The molecule has 1 atom stereocenters. The maximum atomic E-state index is 13.2. The number of pyridine rings is 1. The number of hydrogen-bond acceptors (Lipinski definition) is 4. The summed E-state index contributed by atoms with van der Waals surface area (Å²) in [5, 5.41) is 2.62. The molecule has 174 valence electrons. The van der Waals surface area contributed by atoms with E-state index in [0.717, 1.165) is 25.7 Å². The van der Waals surface area contributed by atoms with Crippen LogP contribution in [0.15, 0.2) is 41.3 Å². The van der Waals surface area contributed by atoms with Gasteiger partial charge in [-0.2, -0.15) is 0 Å². The van der Waals surface area contributed by atoms with Crippen LogP contribution in [0.5, 0.6) is 0 Å². The third-order valence-corrected chi connectivity index (χ3v) is 6.22. The molecule has 1 aromatic heterocycles. The minimum atomic E-state index is -0.669. The summed E-state index contributed by atoms with van der Waals surface area (Å²) in [6.45, 7) is 1.47. The smallest absolute Gasteiger partial charge is 0.274 e. The Balaban J connectivity index is 1.49. The van der Waals surface area contributed by atoms with E-state index in [0.29, 0.717) is 24.3 Å². The van der Waals surface area contributed by atoms with Crippen molar-refractivity contribution < 1.29 is 18.8 Å². The normalized spacial score (nSPS) is 18.8. The van der Waals surface area contributed by atoms with E-state index < -0.39 is 23.2 Å². The SMILES string of the molecule is Cn1cc(C(=O)N2CCCCCC2)cc(NC(=O)C2CC(=O)N(c3ccc(F)cc3)C2)c1=O. The van der Waals surface area contributed by atoms with Gasteiger partial charge in [-0.15, -0.1) is 0 Å². The van der Waals surface area contributed by atoms with Gasteiger partial charge in [0.25, 0.3) is 11.5 Å². The van der Waals surface area contributed by atoms with Crippen LogP contribution in [-0.2, 0) is 16.6 Å². The fourth-order valence-corrected chi connectivity index (χ4v) is 4.36. The molecule has 1 N–H and O–H groups in total. The van der Waals surface area contributed by atoms with Gasteiger partial charge in [0.05, 0.1) is 11.5 Å². The Morgan fingerprint density at radius 1 is 1.03 bits per heavy atom. The minimum Gasteiger partial charge on any atom is -0.339 e. The molecule has 1 unspecified atom stereocenters. The first-order chi connectivity index (χ1) is 15.8. The molecular weight excluding hydrogens is 427 g/mol. The van der Waals surface area contributed by atoms with Gasteiger partial charge in [-0.05, 0) is 43.2 Å². The van der Waals surface area contributed by atoms with Crippen LogP contribution in [0, 0.1) is 11.7 Å². The molecular formula is C24H27FN4O4. The number of likely N-dealkylation sites (tertiary alicyclic amines) is 1. The lowest BCUT2D eigenvalue weighted by atomic mass is 10.1. The Morgan fingerprint density at radius 3 is 2.36 bits per heavy atom. The number of aryl methyl sites for hydroxylation is 1. The lowest BCUT2D eigenvalue weighted by molar-refractivity contribution is -0.122. The first-order valence-corrected chi connectivity index (χ1v) is 11.2. The molecule has 0 bridgehead atoms. The van der Waals surface area contributed by atoms with E-state index in [1.807, 2.05) is 0 Å². The molecule has 2 aliphatic heterocycles. The van der Waals surface area contributed by atoms with Gasteiger partial charge in [0.1, 0.15) is 11.5 Å². The van der Waals surface area contributed by atoms with E-state index in [9.17, 15) is 23.6 Å². The number of halogens is 1. The van der Waals surface area contributed by atoms with Crippen LogP contribution in [0.4, 0.5) is 15.8 Å². The third kappa shape index (κ3) is 4.97. The highest BCUT2D eigenvalue weighted by molar-refractivity contribution is 6.04. The predicted molar refractivity (Wildman–Crippen MR) is 122 cm³/mol. The molecule has 3 amide bonds. The quantitative estimate of drug-likeness (QED) is 0.769. The van der Waals surface area contributed by atoms with Crippen molar-refractivity contribution in [2.45, 2.75) is 32.1 Å². The van der Waals surface area contributed by atoms with E-state index in [4.69, 9.17) is 0 Å². The van der Waals surface area contributed by atoms with Crippen LogP contribution in [0.2, 0.25) is 0 Å². The van der Waals surface area contributed by atoms with E-state index in [1.165, 1.54) is 53.0 Å². The number of nitrogens with zero attached hydrogens (tertiary/aromatic N) is 3. The maximum Gasteiger partial charge on any atom is 0.274 e. The van der Waals surface area contributed by atoms with Gasteiger partial charge in [-0.1, -0.05) is 12.8 Å². The molecule has 0 spiro atoms. The zero-order chi connectivity index (χ0) is 23.5. The van der Waals surface area contributed by atoms with E-state index >= 15 is 0 Å². The summed E-state index contributed by atoms with van der Waals surface area (Å²) in [6.07, 6.45) is 5.54. The molecule has 0 saturated carbocycles. The first kappa shape index (κ1) is 22.7. The molecule has 8 nitrogen and oxygen atoms in total. The van der Waals surface area contributed by atoms with Gasteiger partial charge < -0.3 is 19.7 Å². The Kier molecular flexibility index (Phi) is 6.57. The Labute approximate surface area is 191 Å². The minimum absolute atomic E-state index is 0.0100. The summed E-state index contributed by atoms with van der Waals surface area (Å²) < 4.78 is 14.5. The number of aromatic nitrogens is 1. The number of nitrogens with one attached hydrogen (secondary N) is 1. The number of rotatable bonds is 4. The number of anilines is 2. The van der Waals surface area contributed by atoms with E-state index in [1.54, 1.807) is 4.90 Å². The molecule has 1 aromatic carbocycles. The number of benzene rings is 1. The number of hydrogen-bond donors (Lipinski definition) is 1. The second-order valence-electron chi connectivity index (χ2n) is 8.64. The number of amides is 3. The molecule has 0 radical (unpaired) electrons. The van der Waals surface area contributed by atoms with Gasteiger partial charge in [0, 0.05) is 45.0 Å². The van der Waals surface area contributed by atoms with Crippen molar-refractivity contribution in [3.05, 3.63) is 58.3 Å². The first-order valence-electron chi connectivity index (χ1n) is 11.2. The van der Waals surface area contributed by atoms with Crippen molar-refractivity contribution in [1.82, 2.24) is 9.47 Å². The fraction of sp³-hybridized carbons (Fsp3) is 0.417. The molecule has 0 aliphatic carbocycles. The lowest BCUT2D eigenvalue weighted by Gasteiger charge is -2.21. The highest BCUT2D eigenvalue weighted by atomic mass is 19.1.